The van der Waals surface area contributed by atoms with Crippen LogP contribution in [0.25, 0.3) is 0 Å². The summed E-state index contributed by atoms with van der Waals surface area (Å²) in [6.07, 6.45) is 1.75. The van der Waals surface area contributed by atoms with Crippen LogP contribution in [0.1, 0.15) is 0 Å². The molecule has 0 unspecified atom stereocenters. The van der Waals surface area contributed by atoms with E-state index in [0.29, 0.717) is 10.0 Å². The standard InChI is InChI=1S/C6H6ClF2N2S/c1-12-6-4(7)2-10-11(6)3-5(8)9/h5H,3H2,1H3. The predicted octanol–water partition coefficient (Wildman–Crippen LogP) is 2.32. The second kappa shape index (κ2) is 4.09. The van der Waals surface area contributed by atoms with Crippen LogP contribution in [0.3, 0.4) is 0 Å². The van der Waals surface area contributed by atoms with Gasteiger partial charge in [0.2, 0.25) is 0 Å². The van der Waals surface area contributed by atoms with Crippen LogP contribution in [0, 0.1) is 6.20 Å². The summed E-state index contributed by atoms with van der Waals surface area (Å²) < 4.78 is 25.0. The Hall–Kier alpha value is -0.290. The molecule has 0 N–H and O–H groups in total. The molecular formula is C6H6ClF2N2S. The molecule has 0 atom stereocenters. The molecule has 0 aliphatic rings. The van der Waals surface area contributed by atoms with Crippen LogP contribution in [0.4, 0.5) is 8.78 Å². The Balaban J connectivity index is 2.84. The van der Waals surface area contributed by atoms with E-state index in [1.165, 1.54) is 11.8 Å². The Morgan fingerprint density at radius 1 is 1.75 bits per heavy atom. The molecule has 6 heteroatoms. The topological polar surface area (TPSA) is 17.8 Å². The fraction of sp³-hybridized carbons (Fsp3) is 0.500. The first kappa shape index (κ1) is 9.80. The fourth-order valence-electron chi connectivity index (χ4n) is 0.760. The van der Waals surface area contributed by atoms with Gasteiger partial charge in [-0.2, -0.15) is 5.10 Å². The van der Waals surface area contributed by atoms with Crippen LogP contribution < -0.4 is 0 Å². The lowest BCUT2D eigenvalue weighted by Crippen LogP contribution is -2.08. The van der Waals surface area contributed by atoms with Crippen LogP contribution in [-0.4, -0.2) is 22.5 Å². The number of halogens is 3. The summed E-state index contributed by atoms with van der Waals surface area (Å²) >= 11 is 6.90. The Kier molecular flexibility index (Phi) is 3.34. The van der Waals surface area contributed by atoms with Crippen molar-refractivity contribution in [2.75, 3.05) is 6.26 Å². The first-order valence-electron chi connectivity index (χ1n) is 3.11. The van der Waals surface area contributed by atoms with Gasteiger partial charge in [0.25, 0.3) is 6.43 Å². The van der Waals surface area contributed by atoms with E-state index < -0.39 is 13.0 Å². The SMILES string of the molecule is CSc1c(Cl)[c]nn1CC(F)F. The summed E-state index contributed by atoms with van der Waals surface area (Å²) in [5, 5.41) is 4.41. The highest BCUT2D eigenvalue weighted by Gasteiger charge is 2.12. The molecule has 0 fully saturated rings. The Labute approximate surface area is 77.9 Å². The van der Waals surface area contributed by atoms with Crippen molar-refractivity contribution in [1.29, 1.82) is 0 Å². The number of rotatable bonds is 3. The smallest absolute Gasteiger partial charge is 0.251 e. The largest absolute Gasteiger partial charge is 0.257 e. The van der Waals surface area contributed by atoms with E-state index in [-0.39, 0.29) is 0 Å². The molecule has 1 rings (SSSR count). The van der Waals surface area contributed by atoms with E-state index in [1.54, 1.807) is 6.26 Å². The number of hydrogen-bond acceptors (Lipinski definition) is 2. The van der Waals surface area contributed by atoms with E-state index in [0.717, 1.165) is 4.68 Å². The molecule has 1 heterocycles. The van der Waals surface area contributed by atoms with Crippen molar-refractivity contribution in [3.63, 3.8) is 0 Å². The van der Waals surface area contributed by atoms with E-state index in [4.69, 9.17) is 11.6 Å². The summed E-state index contributed by atoms with van der Waals surface area (Å²) in [5.74, 6) is 0. The minimum absolute atomic E-state index is 0.295. The van der Waals surface area contributed by atoms with Crippen molar-refractivity contribution in [3.8, 4) is 0 Å². The van der Waals surface area contributed by atoms with Crippen molar-refractivity contribution in [3.05, 3.63) is 11.2 Å². The summed E-state index contributed by atoms with van der Waals surface area (Å²) in [5.41, 5.74) is 0. The lowest BCUT2D eigenvalue weighted by Gasteiger charge is -2.03. The molecular weight excluding hydrogens is 206 g/mol. The van der Waals surface area contributed by atoms with Crippen molar-refractivity contribution in [2.45, 2.75) is 18.0 Å². The van der Waals surface area contributed by atoms with Crippen molar-refractivity contribution in [2.24, 2.45) is 0 Å². The molecule has 0 bridgehead atoms. The van der Waals surface area contributed by atoms with Crippen molar-refractivity contribution < 1.29 is 8.78 Å². The van der Waals surface area contributed by atoms with Crippen LogP contribution in [0.5, 0.6) is 0 Å². The van der Waals surface area contributed by atoms with Gasteiger partial charge >= 0.3 is 0 Å². The van der Waals surface area contributed by atoms with Crippen molar-refractivity contribution in [1.82, 2.24) is 9.78 Å². The Morgan fingerprint density at radius 3 is 2.92 bits per heavy atom. The molecule has 0 saturated heterocycles. The molecule has 1 aromatic heterocycles. The number of alkyl halides is 2. The Morgan fingerprint density at radius 2 is 2.42 bits per heavy atom. The van der Waals surface area contributed by atoms with Crippen LogP contribution in [0.15, 0.2) is 5.03 Å². The maximum absolute atomic E-state index is 11.9. The average Bonchev–Trinajstić information content (AvgIpc) is 2.30. The lowest BCUT2D eigenvalue weighted by atomic mass is 10.6. The monoisotopic (exact) mass is 211 g/mol. The second-order valence-corrected chi connectivity index (χ2v) is 3.18. The van der Waals surface area contributed by atoms with Gasteiger partial charge < -0.3 is 0 Å². The maximum Gasteiger partial charge on any atom is 0.257 e. The highest BCUT2D eigenvalue weighted by Crippen LogP contribution is 2.24. The number of nitrogens with zero attached hydrogens (tertiary/aromatic N) is 2. The number of thioether (sulfide) groups is 1. The molecule has 0 amide bonds. The van der Waals surface area contributed by atoms with Gasteiger partial charge in [0.1, 0.15) is 22.8 Å². The third-order valence-electron chi connectivity index (χ3n) is 1.20. The molecule has 12 heavy (non-hydrogen) atoms. The minimum atomic E-state index is -2.42. The van der Waals surface area contributed by atoms with Gasteiger partial charge in [-0.05, 0) is 6.26 Å². The molecule has 1 radical (unpaired) electrons. The summed E-state index contributed by atoms with van der Waals surface area (Å²) in [6.45, 7) is -0.431. The predicted molar refractivity (Wildman–Crippen MR) is 43.9 cm³/mol. The zero-order valence-corrected chi connectivity index (χ0v) is 7.79. The zero-order chi connectivity index (χ0) is 9.14. The summed E-state index contributed by atoms with van der Waals surface area (Å²) in [6, 6.07) is 0. The van der Waals surface area contributed by atoms with Gasteiger partial charge in [-0.3, -0.25) is 4.68 Å². The van der Waals surface area contributed by atoms with Gasteiger partial charge in [0.15, 0.2) is 0 Å². The third kappa shape index (κ3) is 2.10. The zero-order valence-electron chi connectivity index (χ0n) is 6.22. The van der Waals surface area contributed by atoms with Gasteiger partial charge in [0.05, 0.1) is 0 Å². The molecule has 0 spiro atoms. The van der Waals surface area contributed by atoms with Crippen LogP contribution in [-0.2, 0) is 6.54 Å². The molecule has 0 aliphatic carbocycles. The van der Waals surface area contributed by atoms with Gasteiger partial charge in [0, 0.05) is 0 Å². The highest BCUT2D eigenvalue weighted by molar-refractivity contribution is 7.98. The minimum Gasteiger partial charge on any atom is -0.251 e. The van der Waals surface area contributed by atoms with Gasteiger partial charge in [-0.1, -0.05) is 11.6 Å². The molecule has 2 nitrogen and oxygen atoms in total. The van der Waals surface area contributed by atoms with E-state index in [9.17, 15) is 8.78 Å². The highest BCUT2D eigenvalue weighted by atomic mass is 35.5. The fourth-order valence-corrected chi connectivity index (χ4v) is 1.68. The first-order chi connectivity index (χ1) is 5.65. The van der Waals surface area contributed by atoms with E-state index in [2.05, 4.69) is 11.3 Å². The van der Waals surface area contributed by atoms with E-state index in [1.807, 2.05) is 0 Å². The molecule has 0 aliphatic heterocycles. The maximum atomic E-state index is 11.9. The average molecular weight is 212 g/mol. The normalized spacial score (nSPS) is 11.1. The summed E-state index contributed by atoms with van der Waals surface area (Å²) in [4.78, 5) is 0. The van der Waals surface area contributed by atoms with Gasteiger partial charge in [-0.25, -0.2) is 8.78 Å². The van der Waals surface area contributed by atoms with Crippen molar-refractivity contribution >= 4 is 23.4 Å². The van der Waals surface area contributed by atoms with Gasteiger partial charge in [-0.15, -0.1) is 11.8 Å². The molecule has 1 aromatic rings. The number of aromatic nitrogens is 2. The second-order valence-electron chi connectivity index (χ2n) is 2.01. The number of hydrogen-bond donors (Lipinski definition) is 0. The van der Waals surface area contributed by atoms with E-state index >= 15 is 0 Å². The quantitative estimate of drug-likeness (QED) is 0.715. The molecule has 0 saturated carbocycles. The molecule has 0 aromatic carbocycles. The lowest BCUT2D eigenvalue weighted by molar-refractivity contribution is 0.118. The summed E-state index contributed by atoms with van der Waals surface area (Å²) in [7, 11) is 0. The molecule has 67 valence electrons. The Bertz CT molecular complexity index is 264. The third-order valence-corrected chi connectivity index (χ3v) is 2.37. The van der Waals surface area contributed by atoms with Crippen LogP contribution in [0.2, 0.25) is 5.02 Å². The first-order valence-corrected chi connectivity index (χ1v) is 4.71. The van der Waals surface area contributed by atoms with Crippen LogP contribution >= 0.6 is 23.4 Å².